The molecule has 2 rings (SSSR count). The maximum atomic E-state index is 11.9. The third kappa shape index (κ3) is 12.2. The molecule has 10 heteroatoms. The van der Waals surface area contributed by atoms with Crippen LogP contribution in [0.3, 0.4) is 0 Å². The summed E-state index contributed by atoms with van der Waals surface area (Å²) in [5.41, 5.74) is 0. The van der Waals surface area contributed by atoms with Crippen LogP contribution in [0, 0.1) is 23.7 Å². The highest BCUT2D eigenvalue weighted by Gasteiger charge is 2.35. The second-order valence-corrected chi connectivity index (χ2v) is 11.0. The number of halogens is 3. The zero-order valence-electron chi connectivity index (χ0n) is 18.3. The quantitative estimate of drug-likeness (QED) is 0.341. The molecular weight excluding hydrogens is 733 g/mol. The van der Waals surface area contributed by atoms with Crippen molar-refractivity contribution in [1.82, 2.24) is 9.80 Å². The normalized spacial score (nSPS) is 27.0. The number of hydrogen-bond donors (Lipinski definition) is 1. The van der Waals surface area contributed by atoms with Crippen LogP contribution in [0.4, 0.5) is 0 Å². The third-order valence-corrected chi connectivity index (χ3v) is 6.18. The average Bonchev–Trinajstić information content (AvgIpc) is 3.18. The van der Waals surface area contributed by atoms with Gasteiger partial charge >= 0.3 is 5.97 Å². The summed E-state index contributed by atoms with van der Waals surface area (Å²) >= 11 is 4.24. The minimum atomic E-state index is -2.05. The van der Waals surface area contributed by atoms with Crippen molar-refractivity contribution in [1.29, 1.82) is 0 Å². The van der Waals surface area contributed by atoms with Gasteiger partial charge < -0.3 is 14.9 Å². The van der Waals surface area contributed by atoms with Crippen LogP contribution < -0.4 is 0 Å². The first-order valence-electron chi connectivity index (χ1n) is 9.55. The lowest BCUT2D eigenvalue weighted by molar-refractivity contribution is -0.142. The van der Waals surface area contributed by atoms with Crippen LogP contribution in [-0.2, 0) is 19.1 Å². The van der Waals surface area contributed by atoms with Crippen LogP contribution in [-0.4, -0.2) is 89.0 Å². The van der Waals surface area contributed by atoms with Crippen molar-refractivity contribution >= 4 is 87.9 Å². The van der Waals surface area contributed by atoms with Crippen molar-refractivity contribution in [3.8, 4) is 0 Å². The summed E-state index contributed by atoms with van der Waals surface area (Å²) < 4.78 is 11.5. The number of likely N-dealkylation sites (tertiary alicyclic amines) is 2. The Hall–Kier alpha value is 1.27. The van der Waals surface area contributed by atoms with Gasteiger partial charge in [0.25, 0.3) is 0 Å². The van der Waals surface area contributed by atoms with E-state index in [0.29, 0.717) is 18.4 Å². The van der Waals surface area contributed by atoms with E-state index in [1.54, 1.807) is 12.5 Å². The standard InChI is InChI=1S/C11H21NO2S.C8H15NO2.I2.HI/c1-5-9-6-12(2)7-10(9)11(13)8-15(3,4)14;1-3-6-4-9(2)5-7(6)8(10)11;1-2;/h8-10H,5-7H2,1-4H3;6-7H,3-5H2,1-2H3,(H,10,11);;1H/t9-,10?;6-,7+;;/m11../s1. The van der Waals surface area contributed by atoms with Crippen molar-refractivity contribution in [3.05, 3.63) is 0 Å². The largest absolute Gasteiger partial charge is 0.481 e. The van der Waals surface area contributed by atoms with Gasteiger partial charge in [0, 0.05) is 87.2 Å². The van der Waals surface area contributed by atoms with Crippen LogP contribution in [0.25, 0.3) is 0 Å². The lowest BCUT2D eigenvalue weighted by Crippen LogP contribution is -2.25. The van der Waals surface area contributed by atoms with Crippen LogP contribution in [0.2, 0.25) is 0 Å². The number of rotatable bonds is 5. The number of aliphatic carboxylic acids is 1. The van der Waals surface area contributed by atoms with Crippen molar-refractivity contribution in [2.45, 2.75) is 26.7 Å². The molecule has 0 aliphatic carbocycles. The molecule has 174 valence electrons. The van der Waals surface area contributed by atoms with E-state index >= 15 is 0 Å². The van der Waals surface area contributed by atoms with Crippen LogP contribution >= 0.6 is 61.2 Å². The van der Waals surface area contributed by atoms with E-state index in [1.807, 2.05) is 14.1 Å². The summed E-state index contributed by atoms with van der Waals surface area (Å²) in [6.45, 7) is 7.61. The molecule has 2 fully saturated rings. The molecule has 1 N–H and O–H groups in total. The molecular formula is C19H37I3N2O4S. The Kier molecular flexibility index (Phi) is 17.9. The van der Waals surface area contributed by atoms with E-state index in [-0.39, 0.29) is 41.6 Å². The van der Waals surface area contributed by atoms with E-state index in [2.05, 4.69) is 60.9 Å². The van der Waals surface area contributed by atoms with E-state index in [9.17, 15) is 13.8 Å². The zero-order chi connectivity index (χ0) is 22.1. The maximum absolute atomic E-state index is 11.9. The molecule has 0 aromatic heterocycles. The molecule has 0 spiro atoms. The second-order valence-electron chi connectivity index (χ2n) is 8.16. The summed E-state index contributed by atoms with van der Waals surface area (Å²) in [4.78, 5) is 26.9. The molecule has 0 aromatic carbocycles. The third-order valence-electron chi connectivity index (χ3n) is 5.38. The minimum absolute atomic E-state index is 0. The highest BCUT2D eigenvalue weighted by Crippen LogP contribution is 2.25. The number of hydrogen-bond acceptors (Lipinski definition) is 5. The van der Waals surface area contributed by atoms with Crippen molar-refractivity contribution in [2.24, 2.45) is 23.7 Å². The number of Topliss-reactive ketones (excluding diaryl/α,β-unsaturated/α-hetero) is 1. The summed E-state index contributed by atoms with van der Waals surface area (Å²) in [6, 6.07) is 0. The molecule has 0 bridgehead atoms. The van der Waals surface area contributed by atoms with Crippen LogP contribution in [0.1, 0.15) is 26.7 Å². The van der Waals surface area contributed by atoms with Gasteiger partial charge in [-0.25, -0.2) is 0 Å². The summed E-state index contributed by atoms with van der Waals surface area (Å²) in [6.07, 6.45) is 5.22. The highest BCUT2D eigenvalue weighted by molar-refractivity contribution is 15.0. The molecule has 0 amide bonds. The molecule has 0 aromatic rings. The van der Waals surface area contributed by atoms with Crippen molar-refractivity contribution in [2.75, 3.05) is 52.8 Å². The molecule has 1 unspecified atom stereocenters. The number of nitrogens with zero attached hydrogens (tertiary/aromatic N) is 2. The molecule has 4 atom stereocenters. The van der Waals surface area contributed by atoms with Gasteiger partial charge in [0.15, 0.2) is 5.78 Å². The second kappa shape index (κ2) is 16.0. The minimum Gasteiger partial charge on any atom is -0.481 e. The van der Waals surface area contributed by atoms with Crippen molar-refractivity contribution < 1.29 is 18.9 Å². The first kappa shape index (κ1) is 32.4. The lowest BCUT2D eigenvalue weighted by Gasteiger charge is -2.13. The Morgan fingerprint density at radius 2 is 1.34 bits per heavy atom. The van der Waals surface area contributed by atoms with Gasteiger partial charge in [-0.1, -0.05) is 26.7 Å². The fraction of sp³-hybridized carbons (Fsp3) is 0.842. The molecule has 2 aliphatic rings. The molecule has 6 nitrogen and oxygen atoms in total. The monoisotopic (exact) mass is 770 g/mol. The fourth-order valence-electron chi connectivity index (χ4n) is 3.97. The van der Waals surface area contributed by atoms with E-state index in [1.165, 1.54) is 5.37 Å². The summed E-state index contributed by atoms with van der Waals surface area (Å²) in [5, 5.41) is 10.2. The van der Waals surface area contributed by atoms with Gasteiger partial charge in [0.2, 0.25) is 0 Å². The first-order valence-corrected chi connectivity index (χ1v) is 18.3. The number of carboxylic acid groups (broad SMARTS) is 1. The molecule has 0 saturated carbocycles. The fourth-order valence-corrected chi connectivity index (χ4v) is 4.70. The number of carbonyl (C=O) groups excluding carboxylic acids is 1. The molecule has 29 heavy (non-hydrogen) atoms. The molecule has 0 radical (unpaired) electrons. The van der Waals surface area contributed by atoms with E-state index < -0.39 is 15.5 Å². The Morgan fingerprint density at radius 3 is 1.66 bits per heavy atom. The first-order chi connectivity index (χ1) is 13.0. The van der Waals surface area contributed by atoms with Crippen LogP contribution in [0.15, 0.2) is 0 Å². The zero-order valence-corrected chi connectivity index (χ0v) is 25.7. The topological polar surface area (TPSA) is 77.9 Å². The molecule has 2 saturated heterocycles. The van der Waals surface area contributed by atoms with Crippen molar-refractivity contribution in [3.63, 3.8) is 0 Å². The number of carboxylic acids is 1. The molecule has 2 heterocycles. The van der Waals surface area contributed by atoms with Gasteiger partial charge in [-0.2, -0.15) is 0 Å². The average molecular weight is 770 g/mol. The summed E-state index contributed by atoms with van der Waals surface area (Å²) in [7, 11) is 1.96. The summed E-state index contributed by atoms with van der Waals surface area (Å²) in [5.74, 6) is 0.145. The smallest absolute Gasteiger partial charge is 0.308 e. The Labute approximate surface area is 217 Å². The van der Waals surface area contributed by atoms with E-state index in [4.69, 9.17) is 5.11 Å². The Bertz CT molecular complexity index is 619. The predicted molar refractivity (Wildman–Crippen MR) is 152 cm³/mol. The number of ketones is 1. The highest BCUT2D eigenvalue weighted by atomic mass is 128. The Morgan fingerprint density at radius 1 is 0.966 bits per heavy atom. The predicted octanol–water partition coefficient (Wildman–Crippen LogP) is 3.54. The van der Waals surface area contributed by atoms with Gasteiger partial charge in [-0.05, 0) is 35.5 Å². The van der Waals surface area contributed by atoms with Gasteiger partial charge in [0.1, 0.15) is 0 Å². The SMILES string of the molecule is CC[C@@H]1CN(C)CC1C(=O)C=S(C)(C)=O.CC[C@@H]1CN(C)C[C@@H]1C(=O)O.I.II. The Balaban J connectivity index is 0. The van der Waals surface area contributed by atoms with Gasteiger partial charge in [-0.15, -0.1) is 24.0 Å². The van der Waals surface area contributed by atoms with Gasteiger partial charge in [0.05, 0.1) is 5.92 Å². The molecule has 2 aliphatic heterocycles. The number of carbonyl (C=O) groups is 2. The lowest BCUT2D eigenvalue weighted by atomic mass is 9.91. The van der Waals surface area contributed by atoms with Gasteiger partial charge in [-0.3, -0.25) is 13.8 Å². The van der Waals surface area contributed by atoms with E-state index in [0.717, 1.165) is 32.5 Å². The maximum Gasteiger partial charge on any atom is 0.308 e. The van der Waals surface area contributed by atoms with Crippen LogP contribution in [0.5, 0.6) is 0 Å².